The molecule has 2 N–H and O–H groups in total. The predicted octanol–water partition coefficient (Wildman–Crippen LogP) is 0.360. The van der Waals surface area contributed by atoms with Crippen molar-refractivity contribution in [1.82, 2.24) is 0 Å². The highest BCUT2D eigenvalue weighted by Crippen LogP contribution is 2.28. The molecule has 1 aliphatic rings. The first-order valence-corrected chi connectivity index (χ1v) is 4.54. The van der Waals surface area contributed by atoms with Crippen LogP contribution in [0.15, 0.2) is 18.2 Å². The summed E-state index contributed by atoms with van der Waals surface area (Å²) in [4.78, 5) is 0. The molecule has 1 heterocycles. The maximum atomic E-state index is 8.61. The molecule has 1 aliphatic heterocycles. The zero-order chi connectivity index (χ0) is 9.97. The van der Waals surface area contributed by atoms with Gasteiger partial charge in [-0.15, -0.1) is 0 Å². The largest absolute Gasteiger partial charge is 0.707 e. The molecule has 0 spiro atoms. The number of rotatable bonds is 2. The van der Waals surface area contributed by atoms with Crippen LogP contribution in [0.3, 0.4) is 0 Å². The van der Waals surface area contributed by atoms with Crippen molar-refractivity contribution in [3.8, 4) is 11.5 Å². The highest BCUT2D eigenvalue weighted by atomic mass is 16.6. The first-order valence-electron chi connectivity index (χ1n) is 4.54. The molecule has 0 fully saturated rings. The molecule has 0 saturated carbocycles. The number of benzene rings is 1. The third-order valence-electron chi connectivity index (χ3n) is 2.12. The SMILES string of the molecule is OB(O)Oc1ccc2c(c1)CCCO2. The normalized spacial score (nSPS) is 14.1. The van der Waals surface area contributed by atoms with Gasteiger partial charge >= 0.3 is 7.32 Å². The fraction of sp³-hybridized carbons (Fsp3) is 0.333. The molecule has 0 unspecified atom stereocenters. The van der Waals surface area contributed by atoms with Gasteiger partial charge in [0.1, 0.15) is 11.5 Å². The van der Waals surface area contributed by atoms with Gasteiger partial charge in [-0.1, -0.05) is 0 Å². The zero-order valence-corrected chi connectivity index (χ0v) is 7.64. The Hall–Kier alpha value is -1.20. The number of fused-ring (bicyclic) bond motifs is 1. The van der Waals surface area contributed by atoms with Gasteiger partial charge in [-0.05, 0) is 36.6 Å². The van der Waals surface area contributed by atoms with Gasteiger partial charge in [-0.2, -0.15) is 0 Å². The molecule has 4 nitrogen and oxygen atoms in total. The lowest BCUT2D eigenvalue weighted by atomic mass is 10.1. The average Bonchev–Trinajstić information content (AvgIpc) is 2.17. The van der Waals surface area contributed by atoms with Crippen molar-refractivity contribution in [1.29, 1.82) is 0 Å². The van der Waals surface area contributed by atoms with Crippen LogP contribution in [0, 0.1) is 0 Å². The van der Waals surface area contributed by atoms with Crippen molar-refractivity contribution in [2.45, 2.75) is 12.8 Å². The lowest BCUT2D eigenvalue weighted by molar-refractivity contribution is 0.280. The molecule has 1 aromatic carbocycles. The van der Waals surface area contributed by atoms with Gasteiger partial charge < -0.3 is 19.4 Å². The quantitative estimate of drug-likeness (QED) is 0.667. The summed E-state index contributed by atoms with van der Waals surface area (Å²) in [7, 11) is -1.77. The standard InChI is InChI=1S/C9H11BO4/c11-10(12)14-8-3-4-9-7(6-8)2-1-5-13-9/h3-4,6,11-12H,1-2,5H2. The summed E-state index contributed by atoms with van der Waals surface area (Å²) >= 11 is 0. The molecule has 0 atom stereocenters. The van der Waals surface area contributed by atoms with Crippen molar-refractivity contribution in [3.63, 3.8) is 0 Å². The maximum Gasteiger partial charge on any atom is 0.707 e. The summed E-state index contributed by atoms with van der Waals surface area (Å²) in [6, 6.07) is 5.21. The molecule has 2 rings (SSSR count). The Morgan fingerprint density at radius 1 is 1.36 bits per heavy atom. The lowest BCUT2D eigenvalue weighted by Crippen LogP contribution is -2.20. The van der Waals surface area contributed by atoms with E-state index in [1.54, 1.807) is 18.2 Å². The van der Waals surface area contributed by atoms with E-state index in [0.717, 1.165) is 30.8 Å². The molecule has 0 amide bonds. The van der Waals surface area contributed by atoms with E-state index in [0.29, 0.717) is 5.75 Å². The molecule has 0 bridgehead atoms. The van der Waals surface area contributed by atoms with E-state index in [1.165, 1.54) is 0 Å². The molecule has 0 aromatic heterocycles. The van der Waals surface area contributed by atoms with Crippen LogP contribution in [0.5, 0.6) is 11.5 Å². The van der Waals surface area contributed by atoms with Crippen molar-refractivity contribution < 1.29 is 19.4 Å². The molecule has 0 aliphatic carbocycles. The van der Waals surface area contributed by atoms with Crippen LogP contribution in [0.25, 0.3) is 0 Å². The Morgan fingerprint density at radius 2 is 2.21 bits per heavy atom. The topological polar surface area (TPSA) is 58.9 Å². The number of aryl methyl sites for hydroxylation is 1. The highest BCUT2D eigenvalue weighted by Gasteiger charge is 2.14. The van der Waals surface area contributed by atoms with E-state index in [4.69, 9.17) is 19.4 Å². The van der Waals surface area contributed by atoms with Crippen molar-refractivity contribution in [2.24, 2.45) is 0 Å². The summed E-state index contributed by atoms with van der Waals surface area (Å²) in [5, 5.41) is 17.2. The molecule has 74 valence electrons. The van der Waals surface area contributed by atoms with E-state index in [-0.39, 0.29) is 0 Å². The molecule has 14 heavy (non-hydrogen) atoms. The maximum absolute atomic E-state index is 8.61. The van der Waals surface area contributed by atoms with E-state index in [2.05, 4.69) is 0 Å². The monoisotopic (exact) mass is 194 g/mol. The van der Waals surface area contributed by atoms with Crippen LogP contribution in [-0.4, -0.2) is 24.0 Å². The number of hydrogen-bond donors (Lipinski definition) is 2. The van der Waals surface area contributed by atoms with Crippen LogP contribution in [0.1, 0.15) is 12.0 Å². The number of hydrogen-bond acceptors (Lipinski definition) is 4. The molecular weight excluding hydrogens is 183 g/mol. The van der Waals surface area contributed by atoms with Crippen LogP contribution in [-0.2, 0) is 6.42 Å². The first-order chi connectivity index (χ1) is 6.75. The first kappa shape index (κ1) is 9.36. The smallest absolute Gasteiger partial charge is 0.512 e. The fourth-order valence-electron chi connectivity index (χ4n) is 1.53. The second-order valence-corrected chi connectivity index (χ2v) is 3.17. The van der Waals surface area contributed by atoms with Crippen LogP contribution >= 0.6 is 0 Å². The third kappa shape index (κ3) is 2.00. The summed E-state index contributed by atoms with van der Waals surface area (Å²) in [6.07, 6.45) is 1.92. The Labute approximate surface area is 82.3 Å². The minimum Gasteiger partial charge on any atom is -0.512 e. The van der Waals surface area contributed by atoms with Gasteiger partial charge in [-0.25, -0.2) is 0 Å². The third-order valence-corrected chi connectivity index (χ3v) is 2.12. The van der Waals surface area contributed by atoms with Gasteiger partial charge in [0.2, 0.25) is 0 Å². The van der Waals surface area contributed by atoms with Crippen LogP contribution < -0.4 is 9.39 Å². The molecule has 5 heteroatoms. The van der Waals surface area contributed by atoms with Crippen molar-refractivity contribution >= 4 is 7.32 Å². The summed E-state index contributed by atoms with van der Waals surface area (Å²) in [5.41, 5.74) is 1.05. The Bertz CT molecular complexity index is 327. The minimum absolute atomic E-state index is 0.448. The van der Waals surface area contributed by atoms with E-state index in [1.807, 2.05) is 0 Å². The zero-order valence-electron chi connectivity index (χ0n) is 7.64. The van der Waals surface area contributed by atoms with Crippen LogP contribution in [0.2, 0.25) is 0 Å². The van der Waals surface area contributed by atoms with Gasteiger partial charge in [0.25, 0.3) is 0 Å². The van der Waals surface area contributed by atoms with Gasteiger partial charge in [-0.3, -0.25) is 0 Å². The van der Waals surface area contributed by atoms with E-state index >= 15 is 0 Å². The lowest BCUT2D eigenvalue weighted by Gasteiger charge is -2.17. The second-order valence-electron chi connectivity index (χ2n) is 3.17. The van der Waals surface area contributed by atoms with Crippen molar-refractivity contribution in [3.05, 3.63) is 23.8 Å². The number of ether oxygens (including phenoxy) is 1. The molecular formula is C9H11BO4. The van der Waals surface area contributed by atoms with E-state index in [9.17, 15) is 0 Å². The minimum atomic E-state index is -1.77. The summed E-state index contributed by atoms with van der Waals surface area (Å²) < 4.78 is 10.1. The fourth-order valence-corrected chi connectivity index (χ4v) is 1.53. The van der Waals surface area contributed by atoms with Gasteiger partial charge in [0.15, 0.2) is 0 Å². The molecule has 0 radical (unpaired) electrons. The average molecular weight is 194 g/mol. The summed E-state index contributed by atoms with van der Waals surface area (Å²) in [6.45, 7) is 0.746. The van der Waals surface area contributed by atoms with Gasteiger partial charge in [0.05, 0.1) is 6.61 Å². The Balaban J connectivity index is 2.20. The van der Waals surface area contributed by atoms with Gasteiger partial charge in [0, 0.05) is 0 Å². The second kappa shape index (κ2) is 3.90. The van der Waals surface area contributed by atoms with E-state index < -0.39 is 7.32 Å². The Morgan fingerprint density at radius 3 is 3.00 bits per heavy atom. The molecule has 1 aromatic rings. The highest BCUT2D eigenvalue weighted by molar-refractivity contribution is 6.33. The molecule has 0 saturated heterocycles. The predicted molar refractivity (Wildman–Crippen MR) is 51.1 cm³/mol. The van der Waals surface area contributed by atoms with Crippen molar-refractivity contribution in [2.75, 3.05) is 6.61 Å². The Kier molecular flexibility index (Phi) is 2.61. The van der Waals surface area contributed by atoms with Crippen LogP contribution in [0.4, 0.5) is 0 Å². The summed E-state index contributed by atoms with van der Waals surface area (Å²) in [5.74, 6) is 1.31.